The summed E-state index contributed by atoms with van der Waals surface area (Å²) in [5.74, 6) is 0. The largest absolute Gasteiger partial charge is 0.123 e. The van der Waals surface area contributed by atoms with Crippen molar-refractivity contribution in [3.05, 3.63) is 86.2 Å². The fourth-order valence-corrected chi connectivity index (χ4v) is 4.50. The van der Waals surface area contributed by atoms with Crippen molar-refractivity contribution in [3.63, 3.8) is 0 Å². The Labute approximate surface area is 147 Å². The maximum atomic E-state index is 3.67. The Bertz CT molecular complexity index is 1020. The fourth-order valence-electron chi connectivity index (χ4n) is 3.30. The van der Waals surface area contributed by atoms with Gasteiger partial charge in [0.05, 0.1) is 0 Å². The second kappa shape index (κ2) is 6.08. The molecule has 0 saturated heterocycles. The van der Waals surface area contributed by atoms with Crippen molar-refractivity contribution in [1.82, 2.24) is 0 Å². The molecule has 0 heterocycles. The molecular weight excluding hydrogens is 316 g/mol. The van der Waals surface area contributed by atoms with Gasteiger partial charge in [0.15, 0.2) is 0 Å². The Hall–Kier alpha value is -1.28. The first-order valence-corrected chi connectivity index (χ1v) is 9.96. The minimum absolute atomic E-state index is 0. The summed E-state index contributed by atoms with van der Waals surface area (Å²) in [7, 11) is -0.494. The predicted molar refractivity (Wildman–Crippen MR) is 90.7 cm³/mol. The molecule has 0 atom stereocenters. The molecule has 0 amide bonds. The average molecular weight is 333 g/mol. The van der Waals surface area contributed by atoms with Gasteiger partial charge in [-0.1, -0.05) is 77.6 Å². The molecule has 0 spiro atoms. The molecule has 0 N–H and O–H groups in total. The van der Waals surface area contributed by atoms with Crippen LogP contribution >= 0.6 is 0 Å². The summed E-state index contributed by atoms with van der Waals surface area (Å²) in [6, 6.07) is 13.3. The van der Waals surface area contributed by atoms with E-state index in [1.165, 1.54) is 37.2 Å². The van der Waals surface area contributed by atoms with E-state index in [4.69, 9.17) is 0 Å². The van der Waals surface area contributed by atoms with Crippen LogP contribution in [0.2, 0.25) is 13.1 Å². The maximum Gasteiger partial charge on any atom is 0.00379 e. The Kier molecular flexibility index (Phi) is 4.31. The number of allylic oxidation sites excluding steroid dienone is 4. The van der Waals surface area contributed by atoms with Crippen LogP contribution in [-0.4, -0.2) is 8.41 Å². The van der Waals surface area contributed by atoms with Gasteiger partial charge in [-0.25, -0.2) is 0 Å². The molecule has 0 nitrogen and oxygen atoms in total. The van der Waals surface area contributed by atoms with Crippen LogP contribution in [0.1, 0.15) is 17.5 Å². The molecule has 22 heavy (non-hydrogen) atoms. The Balaban J connectivity index is 0.00000144. The van der Waals surface area contributed by atoms with Crippen LogP contribution in [0.25, 0.3) is 11.6 Å². The standard InChI is InChI=1S/C20H17Si.Ti/c1-21(2)19-12-11-17-16-10-6-5-9-15(16)13-18(17)20(19)14-7-3-4-8-14;/h3-7,9-12H,8H2,1-2H3;/q-1;. The molecule has 2 aliphatic carbocycles. The molecule has 2 aliphatic rings. The van der Waals surface area contributed by atoms with E-state index < -0.39 is 8.41 Å². The first kappa shape index (κ1) is 15.6. The van der Waals surface area contributed by atoms with Crippen molar-refractivity contribution in [2.75, 3.05) is 0 Å². The van der Waals surface area contributed by atoms with Gasteiger partial charge in [-0.05, 0) is 6.42 Å². The first-order chi connectivity index (χ1) is 10.3. The third-order valence-corrected chi connectivity index (χ3v) is 5.81. The van der Waals surface area contributed by atoms with Crippen molar-refractivity contribution in [3.8, 4) is 0 Å². The smallest absolute Gasteiger partial charge is 0.00379 e. The third kappa shape index (κ3) is 2.38. The Morgan fingerprint density at radius 1 is 1.00 bits per heavy atom. The van der Waals surface area contributed by atoms with Gasteiger partial charge in [-0.3, -0.25) is 0 Å². The molecule has 0 aromatic heterocycles. The summed E-state index contributed by atoms with van der Waals surface area (Å²) >= 11 is 0. The fraction of sp³-hybridized carbons (Fsp3) is 0.150. The van der Waals surface area contributed by atoms with Gasteiger partial charge >= 0.3 is 0 Å². The molecule has 0 radical (unpaired) electrons. The van der Waals surface area contributed by atoms with Crippen molar-refractivity contribution in [2.24, 2.45) is 0 Å². The van der Waals surface area contributed by atoms with Crippen LogP contribution in [-0.2, 0) is 21.7 Å². The van der Waals surface area contributed by atoms with Crippen molar-refractivity contribution in [2.45, 2.75) is 19.5 Å². The van der Waals surface area contributed by atoms with Gasteiger partial charge in [0, 0.05) is 30.1 Å². The van der Waals surface area contributed by atoms with E-state index in [0.717, 1.165) is 6.42 Å². The first-order valence-electron chi connectivity index (χ1n) is 7.46. The van der Waals surface area contributed by atoms with E-state index in [1.807, 2.05) is 0 Å². The molecule has 0 bridgehead atoms. The van der Waals surface area contributed by atoms with E-state index in [0.29, 0.717) is 0 Å². The monoisotopic (exact) mass is 333 g/mol. The molecule has 4 rings (SSSR count). The van der Waals surface area contributed by atoms with E-state index in [2.05, 4.69) is 73.8 Å². The molecular formula is C20H17SiTi-. The van der Waals surface area contributed by atoms with Crippen molar-refractivity contribution in [1.29, 1.82) is 0 Å². The van der Waals surface area contributed by atoms with Gasteiger partial charge in [-0.2, -0.15) is 0 Å². The van der Waals surface area contributed by atoms with Crippen LogP contribution < -0.4 is 5.22 Å². The normalized spacial score (nSPS) is 13.8. The summed E-state index contributed by atoms with van der Waals surface area (Å²) in [5.41, 5.74) is 4.22. The topological polar surface area (TPSA) is 0 Å². The van der Waals surface area contributed by atoms with Crippen LogP contribution in [0.4, 0.5) is 0 Å². The van der Waals surface area contributed by atoms with Gasteiger partial charge in [0.1, 0.15) is 0 Å². The van der Waals surface area contributed by atoms with Gasteiger partial charge in [0.25, 0.3) is 0 Å². The minimum Gasteiger partial charge on any atom is -0.123 e. The molecule has 0 aliphatic heterocycles. The number of fused-ring (bicyclic) bond motifs is 2. The Morgan fingerprint density at radius 2 is 1.82 bits per heavy atom. The van der Waals surface area contributed by atoms with Crippen LogP contribution in [0.5, 0.6) is 0 Å². The summed E-state index contributed by atoms with van der Waals surface area (Å²) in [6.45, 7) is 4.75. The van der Waals surface area contributed by atoms with Gasteiger partial charge in [-0.15, -0.1) is 33.4 Å². The maximum absolute atomic E-state index is 3.67. The Morgan fingerprint density at radius 3 is 2.55 bits per heavy atom. The zero-order chi connectivity index (χ0) is 14.4. The molecule has 106 valence electrons. The molecule has 2 aromatic carbocycles. The van der Waals surface area contributed by atoms with Crippen molar-refractivity contribution < 1.29 is 21.7 Å². The summed E-state index contributed by atoms with van der Waals surface area (Å²) in [5, 5.41) is 3.91. The number of benzene rings is 2. The quantitative estimate of drug-likeness (QED) is 0.468. The van der Waals surface area contributed by atoms with Gasteiger partial charge in [0.2, 0.25) is 0 Å². The van der Waals surface area contributed by atoms with E-state index in [-0.39, 0.29) is 21.7 Å². The molecule has 2 heteroatoms. The van der Waals surface area contributed by atoms with E-state index in [9.17, 15) is 0 Å². The zero-order valence-electron chi connectivity index (χ0n) is 12.9. The predicted octanol–water partition coefficient (Wildman–Crippen LogP) is 3.92. The SMILES string of the molecule is C[Si](C)=c1ccc2c(c1C1=CC=CC1)[C-]=c1ccccc1=2.[Ti]. The number of rotatable bonds is 1. The van der Waals surface area contributed by atoms with Crippen LogP contribution in [0, 0.1) is 15.3 Å². The number of hydrogen-bond acceptors (Lipinski definition) is 0. The number of hydrogen-bond donors (Lipinski definition) is 0. The van der Waals surface area contributed by atoms with Gasteiger partial charge < -0.3 is 0 Å². The molecule has 2 aromatic rings. The second-order valence-corrected chi connectivity index (χ2v) is 8.44. The van der Waals surface area contributed by atoms with Crippen LogP contribution in [0.15, 0.2) is 54.6 Å². The van der Waals surface area contributed by atoms with Crippen molar-refractivity contribution >= 4 is 20.1 Å². The summed E-state index contributed by atoms with van der Waals surface area (Å²) in [6.07, 6.45) is 11.4. The van der Waals surface area contributed by atoms with E-state index >= 15 is 0 Å². The molecule has 0 unspecified atom stereocenters. The third-order valence-electron chi connectivity index (χ3n) is 4.31. The second-order valence-electron chi connectivity index (χ2n) is 5.91. The summed E-state index contributed by atoms with van der Waals surface area (Å²) < 4.78 is 0. The average Bonchev–Trinajstić information content (AvgIpc) is 3.13. The zero-order valence-corrected chi connectivity index (χ0v) is 15.5. The molecule has 0 fully saturated rings. The van der Waals surface area contributed by atoms with Crippen LogP contribution in [0.3, 0.4) is 0 Å². The summed E-state index contributed by atoms with van der Waals surface area (Å²) in [4.78, 5) is 1.54. The van der Waals surface area contributed by atoms with E-state index in [1.54, 1.807) is 0 Å². The molecule has 0 saturated carbocycles. The minimum atomic E-state index is -0.494.